The standard InChI is InChI=1S/C20H22N2O2/c1-14(21-20(24)16-9-3-2-4-10-16)19(23)22-18-13-7-11-15-8-5-6-12-17(15)18/h2-6,8-10,12,14,18H,7,11,13H2,1H3,(H,21,24)(H,22,23)/t14-,18+/m0/s1. The van der Waals surface area contributed by atoms with E-state index in [9.17, 15) is 9.59 Å². The van der Waals surface area contributed by atoms with Gasteiger partial charge in [0.1, 0.15) is 6.04 Å². The van der Waals surface area contributed by atoms with Gasteiger partial charge in [0.25, 0.3) is 5.91 Å². The van der Waals surface area contributed by atoms with Crippen LogP contribution in [-0.2, 0) is 11.2 Å². The molecular formula is C20H22N2O2. The van der Waals surface area contributed by atoms with Gasteiger partial charge >= 0.3 is 0 Å². The Hall–Kier alpha value is -2.62. The van der Waals surface area contributed by atoms with Gasteiger partial charge in [0.15, 0.2) is 0 Å². The molecule has 2 atom stereocenters. The SMILES string of the molecule is C[C@H](NC(=O)c1ccccc1)C(=O)N[C@@H]1CCCc2ccccc21. The molecule has 2 aromatic rings. The number of fused-ring (bicyclic) bond motifs is 1. The largest absolute Gasteiger partial charge is 0.348 e. The molecule has 2 N–H and O–H groups in total. The zero-order valence-corrected chi connectivity index (χ0v) is 13.8. The number of amides is 2. The van der Waals surface area contributed by atoms with Crippen LogP contribution < -0.4 is 10.6 Å². The summed E-state index contributed by atoms with van der Waals surface area (Å²) in [6, 6.07) is 16.6. The first kappa shape index (κ1) is 16.2. The predicted molar refractivity (Wildman–Crippen MR) is 93.6 cm³/mol. The van der Waals surface area contributed by atoms with Gasteiger partial charge in [0, 0.05) is 5.56 Å². The van der Waals surface area contributed by atoms with E-state index in [0.29, 0.717) is 5.56 Å². The highest BCUT2D eigenvalue weighted by molar-refractivity contribution is 5.97. The van der Waals surface area contributed by atoms with Crippen molar-refractivity contribution in [1.82, 2.24) is 10.6 Å². The molecule has 0 saturated carbocycles. The van der Waals surface area contributed by atoms with Crippen molar-refractivity contribution >= 4 is 11.8 Å². The molecule has 0 unspecified atom stereocenters. The molecule has 0 heterocycles. The lowest BCUT2D eigenvalue weighted by atomic mass is 9.87. The highest BCUT2D eigenvalue weighted by Crippen LogP contribution is 2.29. The molecular weight excluding hydrogens is 300 g/mol. The van der Waals surface area contributed by atoms with Crippen molar-refractivity contribution in [2.24, 2.45) is 0 Å². The Kier molecular flexibility index (Phi) is 4.94. The molecule has 24 heavy (non-hydrogen) atoms. The van der Waals surface area contributed by atoms with Gasteiger partial charge in [0.2, 0.25) is 5.91 Å². The van der Waals surface area contributed by atoms with Crippen LogP contribution in [0.4, 0.5) is 0 Å². The highest BCUT2D eigenvalue weighted by Gasteiger charge is 2.24. The maximum absolute atomic E-state index is 12.5. The fourth-order valence-electron chi connectivity index (χ4n) is 3.14. The molecule has 0 aliphatic heterocycles. The maximum Gasteiger partial charge on any atom is 0.251 e. The quantitative estimate of drug-likeness (QED) is 0.909. The second-order valence-corrected chi connectivity index (χ2v) is 6.21. The Morgan fingerprint density at radius 1 is 1.04 bits per heavy atom. The number of hydrogen-bond acceptors (Lipinski definition) is 2. The first-order valence-corrected chi connectivity index (χ1v) is 8.39. The van der Waals surface area contributed by atoms with Crippen LogP contribution in [0.5, 0.6) is 0 Å². The van der Waals surface area contributed by atoms with E-state index in [1.165, 1.54) is 11.1 Å². The monoisotopic (exact) mass is 322 g/mol. The molecule has 0 saturated heterocycles. The fraction of sp³-hybridized carbons (Fsp3) is 0.300. The summed E-state index contributed by atoms with van der Waals surface area (Å²) in [5.74, 6) is -0.386. The van der Waals surface area contributed by atoms with E-state index in [-0.39, 0.29) is 17.9 Å². The van der Waals surface area contributed by atoms with E-state index >= 15 is 0 Å². The Morgan fingerprint density at radius 3 is 2.54 bits per heavy atom. The van der Waals surface area contributed by atoms with Crippen LogP contribution >= 0.6 is 0 Å². The summed E-state index contributed by atoms with van der Waals surface area (Å²) in [5, 5.41) is 5.84. The maximum atomic E-state index is 12.5. The molecule has 0 fully saturated rings. The van der Waals surface area contributed by atoms with Gasteiger partial charge in [-0.1, -0.05) is 42.5 Å². The Labute approximate surface area is 142 Å². The third-order valence-corrected chi connectivity index (χ3v) is 4.46. The molecule has 3 rings (SSSR count). The summed E-state index contributed by atoms with van der Waals surface area (Å²) >= 11 is 0. The smallest absolute Gasteiger partial charge is 0.251 e. The van der Waals surface area contributed by atoms with Gasteiger partial charge in [0.05, 0.1) is 6.04 Å². The molecule has 0 bridgehead atoms. The minimum absolute atomic E-state index is 0.0264. The predicted octanol–water partition coefficient (Wildman–Crippen LogP) is 3.00. The first-order chi connectivity index (χ1) is 11.6. The van der Waals surface area contributed by atoms with Gasteiger partial charge in [-0.15, -0.1) is 0 Å². The minimum Gasteiger partial charge on any atom is -0.348 e. The molecule has 124 valence electrons. The van der Waals surface area contributed by atoms with Crippen molar-refractivity contribution in [3.05, 3.63) is 71.3 Å². The van der Waals surface area contributed by atoms with Crippen molar-refractivity contribution in [2.75, 3.05) is 0 Å². The molecule has 1 aliphatic rings. The zero-order chi connectivity index (χ0) is 16.9. The average Bonchev–Trinajstić information content (AvgIpc) is 2.62. The summed E-state index contributed by atoms with van der Waals surface area (Å²) in [7, 11) is 0. The first-order valence-electron chi connectivity index (χ1n) is 8.39. The van der Waals surface area contributed by atoms with Crippen LogP contribution in [0.25, 0.3) is 0 Å². The number of benzene rings is 2. The lowest BCUT2D eigenvalue weighted by Crippen LogP contribution is -2.46. The Bertz CT molecular complexity index is 727. The van der Waals surface area contributed by atoms with E-state index < -0.39 is 6.04 Å². The minimum atomic E-state index is -0.577. The van der Waals surface area contributed by atoms with Crippen LogP contribution in [-0.4, -0.2) is 17.9 Å². The second-order valence-electron chi connectivity index (χ2n) is 6.21. The van der Waals surface area contributed by atoms with Crippen LogP contribution in [0.3, 0.4) is 0 Å². The van der Waals surface area contributed by atoms with Crippen LogP contribution in [0, 0.1) is 0 Å². The van der Waals surface area contributed by atoms with Gasteiger partial charge in [-0.2, -0.15) is 0 Å². The van der Waals surface area contributed by atoms with Gasteiger partial charge in [-0.25, -0.2) is 0 Å². The van der Waals surface area contributed by atoms with Crippen molar-refractivity contribution in [3.8, 4) is 0 Å². The lowest BCUT2D eigenvalue weighted by Gasteiger charge is -2.27. The molecule has 2 amide bonds. The third kappa shape index (κ3) is 3.65. The second kappa shape index (κ2) is 7.30. The molecule has 1 aliphatic carbocycles. The number of rotatable bonds is 4. The number of aryl methyl sites for hydroxylation is 1. The van der Waals surface area contributed by atoms with Crippen LogP contribution in [0.2, 0.25) is 0 Å². The van der Waals surface area contributed by atoms with Gasteiger partial charge in [-0.3, -0.25) is 9.59 Å². The van der Waals surface area contributed by atoms with Gasteiger partial charge < -0.3 is 10.6 Å². The van der Waals surface area contributed by atoms with Crippen molar-refractivity contribution in [3.63, 3.8) is 0 Å². The number of carbonyl (C=O) groups is 2. The van der Waals surface area contributed by atoms with Crippen LogP contribution in [0.1, 0.15) is 47.3 Å². The molecule has 2 aromatic carbocycles. The van der Waals surface area contributed by atoms with Crippen molar-refractivity contribution in [2.45, 2.75) is 38.3 Å². The molecule has 0 spiro atoms. The summed E-state index contributed by atoms with van der Waals surface area (Å²) in [6.07, 6.45) is 3.05. The number of hydrogen-bond donors (Lipinski definition) is 2. The summed E-state index contributed by atoms with van der Waals surface area (Å²) < 4.78 is 0. The highest BCUT2D eigenvalue weighted by atomic mass is 16.2. The molecule has 4 nitrogen and oxygen atoms in total. The van der Waals surface area contributed by atoms with Crippen molar-refractivity contribution < 1.29 is 9.59 Å². The normalized spacial score (nSPS) is 17.5. The third-order valence-electron chi connectivity index (χ3n) is 4.46. The topological polar surface area (TPSA) is 58.2 Å². The average molecular weight is 322 g/mol. The fourth-order valence-corrected chi connectivity index (χ4v) is 3.14. The molecule has 0 aromatic heterocycles. The lowest BCUT2D eigenvalue weighted by molar-refractivity contribution is -0.123. The summed E-state index contributed by atoms with van der Waals surface area (Å²) in [4.78, 5) is 24.6. The zero-order valence-electron chi connectivity index (χ0n) is 13.8. The Morgan fingerprint density at radius 2 is 1.75 bits per heavy atom. The Balaban J connectivity index is 1.62. The molecule has 4 heteroatoms. The number of nitrogens with one attached hydrogen (secondary N) is 2. The van der Waals surface area contributed by atoms with E-state index in [1.54, 1.807) is 31.2 Å². The molecule has 0 radical (unpaired) electrons. The van der Waals surface area contributed by atoms with E-state index in [1.807, 2.05) is 18.2 Å². The summed E-state index contributed by atoms with van der Waals surface area (Å²) in [6.45, 7) is 1.71. The van der Waals surface area contributed by atoms with Crippen molar-refractivity contribution in [1.29, 1.82) is 0 Å². The van der Waals surface area contributed by atoms with E-state index in [4.69, 9.17) is 0 Å². The number of carbonyl (C=O) groups excluding carboxylic acids is 2. The summed E-state index contributed by atoms with van der Waals surface area (Å²) in [5.41, 5.74) is 3.05. The van der Waals surface area contributed by atoms with Gasteiger partial charge in [-0.05, 0) is 49.4 Å². The van der Waals surface area contributed by atoms with E-state index in [0.717, 1.165) is 19.3 Å². The van der Waals surface area contributed by atoms with E-state index in [2.05, 4.69) is 22.8 Å². The van der Waals surface area contributed by atoms with Crippen LogP contribution in [0.15, 0.2) is 54.6 Å².